The number of aliphatic hydroxyl groups is 2. The number of ketones is 1. The summed E-state index contributed by atoms with van der Waals surface area (Å²) >= 11 is 0. The third-order valence-corrected chi connectivity index (χ3v) is 4.13. The second-order valence-corrected chi connectivity index (χ2v) is 6.23. The number of rotatable bonds is 9. The monoisotopic (exact) mass is 369 g/mol. The largest absolute Gasteiger partial charge is 0.491 e. The molecule has 0 saturated heterocycles. The fraction of sp³-hybridized carbons (Fsp3) is 0.300. The summed E-state index contributed by atoms with van der Waals surface area (Å²) in [6.45, 7) is 2.21. The molecular weight excluding hydrogens is 346 g/mol. The minimum absolute atomic E-state index is 0.0125. The molecule has 1 atom stereocenters. The van der Waals surface area contributed by atoms with Gasteiger partial charge in [0.2, 0.25) is 5.95 Å². The van der Waals surface area contributed by atoms with E-state index in [2.05, 4.69) is 10.3 Å². The van der Waals surface area contributed by atoms with Gasteiger partial charge in [0, 0.05) is 12.1 Å². The van der Waals surface area contributed by atoms with Crippen LogP contribution in [0.5, 0.6) is 5.75 Å². The Balaban J connectivity index is 1.71. The molecule has 1 heterocycles. The standard InChI is InChI=1S/C20H23N3O4/c1-14(25)15-5-4-6-17(11-15)27-13-16(26)12-23-19-8-3-2-7-18(19)22-20(23)21-9-10-24/h2-8,11,16,24,26H,9-10,12-13H2,1H3,(H,21,22). The van der Waals surface area contributed by atoms with Crippen molar-refractivity contribution in [1.82, 2.24) is 9.55 Å². The number of imidazole rings is 1. The topological polar surface area (TPSA) is 96.6 Å². The van der Waals surface area contributed by atoms with Crippen LogP contribution in [-0.4, -0.2) is 51.4 Å². The fourth-order valence-corrected chi connectivity index (χ4v) is 2.82. The van der Waals surface area contributed by atoms with Gasteiger partial charge in [-0.2, -0.15) is 0 Å². The van der Waals surface area contributed by atoms with Gasteiger partial charge in [0.1, 0.15) is 18.5 Å². The first kappa shape index (κ1) is 18.9. The zero-order valence-electron chi connectivity index (χ0n) is 15.1. The van der Waals surface area contributed by atoms with E-state index in [0.717, 1.165) is 11.0 Å². The predicted octanol–water partition coefficient (Wildman–Crippen LogP) is 2.08. The number of nitrogens with one attached hydrogen (secondary N) is 1. The maximum absolute atomic E-state index is 11.5. The molecule has 142 valence electrons. The molecule has 0 saturated carbocycles. The van der Waals surface area contributed by atoms with Crippen molar-refractivity contribution in [3.05, 3.63) is 54.1 Å². The molecule has 0 aliphatic carbocycles. The number of aromatic nitrogens is 2. The molecule has 3 aromatic rings. The molecule has 0 radical (unpaired) electrons. The summed E-state index contributed by atoms with van der Waals surface area (Å²) in [7, 11) is 0. The fourth-order valence-electron chi connectivity index (χ4n) is 2.82. The molecule has 7 heteroatoms. The predicted molar refractivity (Wildman–Crippen MR) is 103 cm³/mol. The van der Waals surface area contributed by atoms with Crippen molar-refractivity contribution >= 4 is 22.8 Å². The first-order chi connectivity index (χ1) is 13.1. The molecule has 3 N–H and O–H groups in total. The molecule has 1 aromatic heterocycles. The second kappa shape index (κ2) is 8.66. The Bertz CT molecular complexity index is 922. The maximum Gasteiger partial charge on any atom is 0.204 e. The first-order valence-corrected chi connectivity index (χ1v) is 8.80. The van der Waals surface area contributed by atoms with E-state index in [4.69, 9.17) is 9.84 Å². The summed E-state index contributed by atoms with van der Waals surface area (Å²) < 4.78 is 7.51. The van der Waals surface area contributed by atoms with Crippen LogP contribution in [0.2, 0.25) is 0 Å². The normalized spacial score (nSPS) is 12.1. The van der Waals surface area contributed by atoms with E-state index in [-0.39, 0.29) is 25.5 Å². The number of hydrogen-bond acceptors (Lipinski definition) is 6. The zero-order valence-corrected chi connectivity index (χ0v) is 15.1. The lowest BCUT2D eigenvalue weighted by Gasteiger charge is -2.16. The highest BCUT2D eigenvalue weighted by Gasteiger charge is 2.15. The van der Waals surface area contributed by atoms with E-state index in [1.165, 1.54) is 6.92 Å². The van der Waals surface area contributed by atoms with Crippen molar-refractivity contribution in [2.75, 3.05) is 25.1 Å². The van der Waals surface area contributed by atoms with Gasteiger partial charge in [0.25, 0.3) is 0 Å². The van der Waals surface area contributed by atoms with Crippen LogP contribution in [-0.2, 0) is 6.54 Å². The number of hydrogen-bond donors (Lipinski definition) is 3. The molecule has 0 amide bonds. The molecule has 0 aliphatic heterocycles. The number of fused-ring (bicyclic) bond motifs is 1. The van der Waals surface area contributed by atoms with Crippen molar-refractivity contribution in [3.8, 4) is 5.75 Å². The highest BCUT2D eigenvalue weighted by atomic mass is 16.5. The maximum atomic E-state index is 11.5. The van der Waals surface area contributed by atoms with E-state index in [1.54, 1.807) is 24.3 Å². The van der Waals surface area contributed by atoms with Gasteiger partial charge < -0.3 is 24.8 Å². The van der Waals surface area contributed by atoms with E-state index in [9.17, 15) is 9.90 Å². The third kappa shape index (κ3) is 4.64. The van der Waals surface area contributed by atoms with Crippen molar-refractivity contribution in [2.24, 2.45) is 0 Å². The Morgan fingerprint density at radius 1 is 1.26 bits per heavy atom. The van der Waals surface area contributed by atoms with Crippen LogP contribution in [0.25, 0.3) is 11.0 Å². The van der Waals surface area contributed by atoms with Crippen LogP contribution >= 0.6 is 0 Å². The summed E-state index contributed by atoms with van der Waals surface area (Å²) in [5, 5.41) is 22.6. The van der Waals surface area contributed by atoms with Gasteiger partial charge in [-0.15, -0.1) is 0 Å². The Morgan fingerprint density at radius 3 is 2.85 bits per heavy atom. The van der Waals surface area contributed by atoms with Crippen molar-refractivity contribution in [1.29, 1.82) is 0 Å². The van der Waals surface area contributed by atoms with Crippen LogP contribution in [0.1, 0.15) is 17.3 Å². The van der Waals surface area contributed by atoms with Crippen molar-refractivity contribution < 1.29 is 19.7 Å². The van der Waals surface area contributed by atoms with E-state index >= 15 is 0 Å². The average molecular weight is 369 g/mol. The Hall–Kier alpha value is -2.90. The highest BCUT2D eigenvalue weighted by Crippen LogP contribution is 2.20. The third-order valence-electron chi connectivity index (χ3n) is 4.13. The summed E-state index contributed by atoms with van der Waals surface area (Å²) in [5.74, 6) is 1.09. The van der Waals surface area contributed by atoms with Crippen LogP contribution in [0, 0.1) is 0 Å². The van der Waals surface area contributed by atoms with Gasteiger partial charge in [-0.05, 0) is 31.2 Å². The molecule has 2 aromatic carbocycles. The van der Waals surface area contributed by atoms with Crippen LogP contribution in [0.15, 0.2) is 48.5 Å². The lowest BCUT2D eigenvalue weighted by atomic mass is 10.1. The van der Waals surface area contributed by atoms with Crippen molar-refractivity contribution in [3.63, 3.8) is 0 Å². The number of ether oxygens (including phenoxy) is 1. The Kier molecular flexibility index (Phi) is 6.05. The summed E-state index contributed by atoms with van der Waals surface area (Å²) in [5.41, 5.74) is 2.26. The molecule has 0 spiro atoms. The number of Topliss-reactive ketones (excluding diaryl/α,β-unsaturated/α-hetero) is 1. The van der Waals surface area contributed by atoms with Gasteiger partial charge in [-0.25, -0.2) is 4.98 Å². The Morgan fingerprint density at radius 2 is 2.07 bits per heavy atom. The summed E-state index contributed by atoms with van der Waals surface area (Å²) in [6.07, 6.45) is -0.779. The first-order valence-electron chi connectivity index (χ1n) is 8.80. The zero-order chi connectivity index (χ0) is 19.2. The van der Waals surface area contributed by atoms with E-state index in [0.29, 0.717) is 23.8 Å². The van der Waals surface area contributed by atoms with E-state index < -0.39 is 6.10 Å². The van der Waals surface area contributed by atoms with Crippen LogP contribution in [0.4, 0.5) is 5.95 Å². The van der Waals surface area contributed by atoms with Crippen LogP contribution < -0.4 is 10.1 Å². The second-order valence-electron chi connectivity index (χ2n) is 6.23. The lowest BCUT2D eigenvalue weighted by Crippen LogP contribution is -2.25. The van der Waals surface area contributed by atoms with Crippen molar-refractivity contribution in [2.45, 2.75) is 19.6 Å². The molecular formula is C20H23N3O4. The van der Waals surface area contributed by atoms with Gasteiger partial charge in [0.05, 0.1) is 24.2 Å². The smallest absolute Gasteiger partial charge is 0.204 e. The SMILES string of the molecule is CC(=O)c1cccc(OCC(O)Cn2c(NCCO)nc3ccccc32)c1. The number of anilines is 1. The number of benzene rings is 2. The molecule has 7 nitrogen and oxygen atoms in total. The van der Waals surface area contributed by atoms with Gasteiger partial charge >= 0.3 is 0 Å². The Labute approximate surface area is 157 Å². The van der Waals surface area contributed by atoms with Gasteiger partial charge in [-0.3, -0.25) is 4.79 Å². The van der Waals surface area contributed by atoms with Gasteiger partial charge in [0.15, 0.2) is 5.78 Å². The summed E-state index contributed by atoms with van der Waals surface area (Å²) in [4.78, 5) is 16.0. The molecule has 0 bridgehead atoms. The number of aliphatic hydroxyl groups excluding tert-OH is 2. The summed E-state index contributed by atoms with van der Waals surface area (Å²) in [6, 6.07) is 14.5. The molecule has 0 fully saturated rings. The molecule has 0 aliphatic rings. The quantitative estimate of drug-likeness (QED) is 0.500. The number of para-hydroxylation sites is 2. The molecule has 1 unspecified atom stereocenters. The minimum Gasteiger partial charge on any atom is -0.491 e. The van der Waals surface area contributed by atoms with Crippen LogP contribution in [0.3, 0.4) is 0 Å². The highest BCUT2D eigenvalue weighted by molar-refractivity contribution is 5.94. The lowest BCUT2D eigenvalue weighted by molar-refractivity contribution is 0.0936. The minimum atomic E-state index is -0.779. The number of carbonyl (C=O) groups is 1. The van der Waals surface area contributed by atoms with Gasteiger partial charge in [-0.1, -0.05) is 24.3 Å². The molecule has 27 heavy (non-hydrogen) atoms. The molecule has 3 rings (SSSR count). The number of carbonyl (C=O) groups excluding carboxylic acids is 1. The number of nitrogens with zero attached hydrogens (tertiary/aromatic N) is 2. The average Bonchev–Trinajstić information content (AvgIpc) is 3.02. The van der Waals surface area contributed by atoms with E-state index in [1.807, 2.05) is 28.8 Å².